The van der Waals surface area contributed by atoms with E-state index in [2.05, 4.69) is 20.2 Å². The lowest BCUT2D eigenvalue weighted by Crippen LogP contribution is -2.42. The third-order valence-electron chi connectivity index (χ3n) is 4.81. The molecule has 0 bridgehead atoms. The Morgan fingerprint density at radius 3 is 2.50 bits per heavy atom. The van der Waals surface area contributed by atoms with Crippen molar-refractivity contribution in [3.63, 3.8) is 0 Å². The van der Waals surface area contributed by atoms with Gasteiger partial charge in [-0.15, -0.1) is 10.2 Å². The molecule has 11 heteroatoms. The number of carbonyl (C=O) groups excluding carboxylic acids is 1. The first-order valence-corrected chi connectivity index (χ1v) is 9.09. The van der Waals surface area contributed by atoms with Crippen LogP contribution in [0.2, 0.25) is 0 Å². The van der Waals surface area contributed by atoms with Crippen molar-refractivity contribution in [1.82, 2.24) is 29.6 Å². The average Bonchev–Trinajstić information content (AvgIpc) is 3.07. The Hall–Kier alpha value is -2.72. The van der Waals surface area contributed by atoms with Crippen molar-refractivity contribution in [2.24, 2.45) is 0 Å². The highest BCUT2D eigenvalue weighted by molar-refractivity contribution is 5.93. The molecule has 1 unspecified atom stereocenters. The molecular weight excluding hydrogens is 375 g/mol. The van der Waals surface area contributed by atoms with Crippen molar-refractivity contribution < 1.29 is 18.0 Å². The maximum Gasteiger partial charge on any atom is 0.451 e. The topological polar surface area (TPSA) is 80.0 Å². The van der Waals surface area contributed by atoms with E-state index in [1.165, 1.54) is 4.90 Å². The number of fused-ring (bicyclic) bond motifs is 1. The summed E-state index contributed by atoms with van der Waals surface area (Å²) in [6.07, 6.45) is -4.58. The zero-order valence-corrected chi connectivity index (χ0v) is 16.2. The van der Waals surface area contributed by atoms with Gasteiger partial charge in [-0.1, -0.05) is 0 Å². The zero-order chi connectivity index (χ0) is 20.6. The fourth-order valence-electron chi connectivity index (χ4n) is 3.33. The molecule has 0 radical (unpaired) electrons. The lowest BCUT2D eigenvalue weighted by Gasteiger charge is -2.33. The number of anilines is 1. The summed E-state index contributed by atoms with van der Waals surface area (Å²) in [4.78, 5) is 25.2. The van der Waals surface area contributed by atoms with Crippen LogP contribution in [0.15, 0.2) is 6.07 Å². The molecule has 3 heterocycles. The van der Waals surface area contributed by atoms with E-state index in [1.807, 2.05) is 18.7 Å². The van der Waals surface area contributed by atoms with Crippen molar-refractivity contribution >= 4 is 11.9 Å². The predicted molar refractivity (Wildman–Crippen MR) is 94.8 cm³/mol. The second kappa shape index (κ2) is 7.36. The highest BCUT2D eigenvalue weighted by atomic mass is 19.4. The van der Waals surface area contributed by atoms with Gasteiger partial charge in [0, 0.05) is 31.9 Å². The summed E-state index contributed by atoms with van der Waals surface area (Å²) in [5.74, 6) is -0.834. The molecule has 28 heavy (non-hydrogen) atoms. The molecule has 0 aromatic carbocycles. The summed E-state index contributed by atoms with van der Waals surface area (Å²) in [5.41, 5.74) is 0.859. The van der Waals surface area contributed by atoms with Gasteiger partial charge in [0.1, 0.15) is 5.69 Å². The molecule has 3 rings (SSSR count). The van der Waals surface area contributed by atoms with Crippen LogP contribution in [0.4, 0.5) is 19.1 Å². The van der Waals surface area contributed by atoms with Gasteiger partial charge in [-0.3, -0.25) is 4.79 Å². The molecule has 0 saturated heterocycles. The summed E-state index contributed by atoms with van der Waals surface area (Å²) in [5, 5.41) is 6.96. The first-order chi connectivity index (χ1) is 13.2. The van der Waals surface area contributed by atoms with E-state index in [-0.39, 0.29) is 30.5 Å². The van der Waals surface area contributed by atoms with Gasteiger partial charge in [0.2, 0.25) is 11.8 Å². The van der Waals surface area contributed by atoms with Crippen molar-refractivity contribution in [3.05, 3.63) is 29.1 Å². The van der Waals surface area contributed by atoms with Crippen molar-refractivity contribution in [3.8, 4) is 0 Å². The molecule has 8 nitrogen and oxygen atoms in total. The second-order valence-electron chi connectivity index (χ2n) is 6.57. The normalized spacial score (nSPS) is 16.8. The van der Waals surface area contributed by atoms with Gasteiger partial charge in [0.05, 0.1) is 6.04 Å². The van der Waals surface area contributed by atoms with E-state index in [0.29, 0.717) is 24.7 Å². The highest BCUT2D eigenvalue weighted by Gasteiger charge is 2.42. The Morgan fingerprint density at radius 1 is 1.21 bits per heavy atom. The molecule has 0 aliphatic carbocycles. The van der Waals surface area contributed by atoms with Gasteiger partial charge in [-0.25, -0.2) is 9.97 Å². The summed E-state index contributed by atoms with van der Waals surface area (Å²) < 4.78 is 40.2. The van der Waals surface area contributed by atoms with E-state index in [1.54, 1.807) is 19.9 Å². The van der Waals surface area contributed by atoms with Gasteiger partial charge in [0.15, 0.2) is 5.82 Å². The molecule has 1 amide bonds. The Morgan fingerprint density at radius 2 is 1.89 bits per heavy atom. The number of aromatic nitrogens is 5. The number of rotatable bonds is 4. The van der Waals surface area contributed by atoms with Gasteiger partial charge in [-0.2, -0.15) is 13.2 Å². The number of nitrogens with zero attached hydrogens (tertiary/aromatic N) is 7. The monoisotopic (exact) mass is 397 g/mol. The lowest BCUT2D eigenvalue weighted by atomic mass is 10.1. The first kappa shape index (κ1) is 20.0. The Kier molecular flexibility index (Phi) is 5.26. The number of halogens is 3. The number of carbonyl (C=O) groups is 1. The number of amides is 1. The van der Waals surface area contributed by atoms with Gasteiger partial charge >= 0.3 is 6.18 Å². The highest BCUT2D eigenvalue weighted by Crippen LogP contribution is 2.33. The van der Waals surface area contributed by atoms with E-state index in [0.717, 1.165) is 4.57 Å². The maximum atomic E-state index is 13.1. The Labute approximate surface area is 160 Å². The summed E-state index contributed by atoms with van der Waals surface area (Å²) in [7, 11) is 0. The Balaban J connectivity index is 1.91. The number of aryl methyl sites for hydroxylation is 1. The zero-order valence-electron chi connectivity index (χ0n) is 16.2. The van der Waals surface area contributed by atoms with Crippen molar-refractivity contribution in [2.75, 3.05) is 24.5 Å². The average molecular weight is 397 g/mol. The summed E-state index contributed by atoms with van der Waals surface area (Å²) >= 11 is 0. The van der Waals surface area contributed by atoms with Crippen LogP contribution in [0, 0.1) is 6.92 Å². The summed E-state index contributed by atoms with van der Waals surface area (Å²) in [6, 6.07) is 0.930. The van der Waals surface area contributed by atoms with Crippen LogP contribution < -0.4 is 4.90 Å². The van der Waals surface area contributed by atoms with Crippen LogP contribution in [0.25, 0.3) is 0 Å². The molecule has 152 valence electrons. The number of alkyl halides is 3. The minimum atomic E-state index is -4.58. The van der Waals surface area contributed by atoms with Crippen LogP contribution in [0.3, 0.4) is 0 Å². The number of hydrogen-bond donors (Lipinski definition) is 0. The van der Waals surface area contributed by atoms with E-state index >= 15 is 0 Å². The van der Waals surface area contributed by atoms with E-state index in [9.17, 15) is 18.0 Å². The Bertz CT molecular complexity index is 876. The number of hydrogen-bond acceptors (Lipinski definition) is 6. The van der Waals surface area contributed by atoms with Crippen LogP contribution in [0.1, 0.15) is 54.6 Å². The van der Waals surface area contributed by atoms with Crippen LogP contribution in [-0.4, -0.2) is 55.2 Å². The molecule has 2 aromatic heterocycles. The molecule has 2 aromatic rings. The van der Waals surface area contributed by atoms with Crippen LogP contribution in [0.5, 0.6) is 0 Å². The first-order valence-electron chi connectivity index (χ1n) is 9.09. The quantitative estimate of drug-likeness (QED) is 0.789. The van der Waals surface area contributed by atoms with Crippen LogP contribution in [-0.2, 0) is 12.7 Å². The molecule has 1 aliphatic heterocycles. The van der Waals surface area contributed by atoms with Crippen molar-refractivity contribution in [2.45, 2.75) is 46.5 Å². The van der Waals surface area contributed by atoms with E-state index in [4.69, 9.17) is 0 Å². The fourth-order valence-corrected chi connectivity index (χ4v) is 3.33. The molecular formula is C17H22F3N7O. The third kappa shape index (κ3) is 3.52. The van der Waals surface area contributed by atoms with Gasteiger partial charge in [-0.05, 0) is 33.8 Å². The van der Waals surface area contributed by atoms with Crippen LogP contribution >= 0.6 is 0 Å². The molecule has 1 atom stereocenters. The minimum absolute atomic E-state index is 0.0276. The third-order valence-corrected chi connectivity index (χ3v) is 4.81. The second-order valence-corrected chi connectivity index (χ2v) is 6.57. The molecule has 0 saturated carbocycles. The predicted octanol–water partition coefficient (Wildman–Crippen LogP) is 2.46. The van der Waals surface area contributed by atoms with Gasteiger partial charge in [0.25, 0.3) is 5.91 Å². The fraction of sp³-hybridized carbons (Fsp3) is 0.588. The molecule has 0 N–H and O–H groups in total. The smallest absolute Gasteiger partial charge is 0.341 e. The molecule has 1 aliphatic rings. The SMILES string of the molecule is CCN(CC)c1nc(C)cc(C(=O)N2CCn3c(nnc3C(F)(F)F)C2C)n1. The summed E-state index contributed by atoms with van der Waals surface area (Å²) in [6.45, 7) is 8.81. The molecule has 0 fully saturated rings. The standard InChI is InChI=1S/C17H22F3N7O/c1-5-25(6-2)16-21-10(3)9-12(22-16)14(28)26-7-8-27-13(11(26)4)23-24-15(27)17(18,19)20/h9,11H,5-8H2,1-4H3. The van der Waals surface area contributed by atoms with Crippen molar-refractivity contribution in [1.29, 1.82) is 0 Å². The maximum absolute atomic E-state index is 13.1. The van der Waals surface area contributed by atoms with Gasteiger partial charge < -0.3 is 14.4 Å². The largest absolute Gasteiger partial charge is 0.451 e. The lowest BCUT2D eigenvalue weighted by molar-refractivity contribution is -0.148. The minimum Gasteiger partial charge on any atom is -0.341 e. The van der Waals surface area contributed by atoms with E-state index < -0.39 is 18.0 Å². The molecule has 0 spiro atoms.